The van der Waals surface area contributed by atoms with Gasteiger partial charge in [0.05, 0.1) is 5.75 Å². The minimum absolute atomic E-state index is 0.155. The lowest BCUT2D eigenvalue weighted by molar-refractivity contribution is 0.0390. The smallest absolute Gasteiger partial charge is 0.257 e. The summed E-state index contributed by atoms with van der Waals surface area (Å²) < 4.78 is 54.4. The second-order valence-corrected chi connectivity index (χ2v) is 10.7. The molecule has 0 atom stereocenters. The SMILES string of the molecule is CCCS(=O)(=O)N1CCN(C2(CNC(=O)c3c(F)cccc3F)CCCCCC2)CC1. The molecule has 2 aliphatic rings. The highest BCUT2D eigenvalue weighted by atomic mass is 32.2. The number of rotatable bonds is 7. The van der Waals surface area contributed by atoms with E-state index in [1.54, 1.807) is 4.31 Å². The van der Waals surface area contributed by atoms with Crippen LogP contribution in [0.2, 0.25) is 0 Å². The number of sulfonamides is 1. The number of piperazine rings is 1. The van der Waals surface area contributed by atoms with Gasteiger partial charge in [-0.25, -0.2) is 17.2 Å². The molecular weight excluding hydrogens is 424 g/mol. The molecule has 1 aromatic rings. The first kappa shape index (κ1) is 24.1. The molecule has 1 aliphatic heterocycles. The summed E-state index contributed by atoms with van der Waals surface area (Å²) >= 11 is 0. The third kappa shape index (κ3) is 5.62. The van der Waals surface area contributed by atoms with Gasteiger partial charge in [-0.2, -0.15) is 4.31 Å². The van der Waals surface area contributed by atoms with Crippen LogP contribution in [0.15, 0.2) is 18.2 Å². The lowest BCUT2D eigenvalue weighted by atomic mass is 9.87. The average molecular weight is 458 g/mol. The number of hydrogen-bond acceptors (Lipinski definition) is 4. The van der Waals surface area contributed by atoms with Gasteiger partial charge >= 0.3 is 0 Å². The van der Waals surface area contributed by atoms with Gasteiger partial charge in [0.1, 0.15) is 17.2 Å². The molecule has 6 nitrogen and oxygen atoms in total. The molecule has 1 heterocycles. The van der Waals surface area contributed by atoms with Gasteiger partial charge in [-0.15, -0.1) is 0 Å². The molecule has 1 amide bonds. The number of nitrogens with one attached hydrogen (secondary N) is 1. The van der Waals surface area contributed by atoms with Crippen molar-refractivity contribution in [2.24, 2.45) is 0 Å². The number of carbonyl (C=O) groups is 1. The van der Waals surface area contributed by atoms with E-state index < -0.39 is 33.1 Å². The molecule has 0 radical (unpaired) electrons. The molecule has 1 aromatic carbocycles. The van der Waals surface area contributed by atoms with E-state index in [2.05, 4.69) is 10.2 Å². The van der Waals surface area contributed by atoms with Crippen LogP contribution < -0.4 is 5.32 Å². The topological polar surface area (TPSA) is 69.7 Å². The predicted molar refractivity (Wildman–Crippen MR) is 116 cm³/mol. The first-order chi connectivity index (χ1) is 14.8. The fourth-order valence-electron chi connectivity index (χ4n) is 4.87. The fourth-order valence-corrected chi connectivity index (χ4v) is 6.36. The van der Waals surface area contributed by atoms with Crippen molar-refractivity contribution in [1.29, 1.82) is 0 Å². The zero-order valence-corrected chi connectivity index (χ0v) is 19.0. The van der Waals surface area contributed by atoms with Crippen LogP contribution in [0.5, 0.6) is 0 Å². The number of halogens is 2. The summed E-state index contributed by atoms with van der Waals surface area (Å²) in [5.41, 5.74) is -0.879. The molecule has 0 aromatic heterocycles. The summed E-state index contributed by atoms with van der Waals surface area (Å²) in [5, 5.41) is 2.79. The van der Waals surface area contributed by atoms with Crippen LogP contribution in [0.4, 0.5) is 8.78 Å². The third-order valence-corrected chi connectivity index (χ3v) is 8.64. The lowest BCUT2D eigenvalue weighted by Crippen LogP contribution is -2.61. The van der Waals surface area contributed by atoms with Crippen LogP contribution in [0.25, 0.3) is 0 Å². The van der Waals surface area contributed by atoms with Crippen LogP contribution in [-0.2, 0) is 10.0 Å². The van der Waals surface area contributed by atoms with Gasteiger partial charge in [0.2, 0.25) is 10.0 Å². The van der Waals surface area contributed by atoms with Gasteiger partial charge in [0.25, 0.3) is 5.91 Å². The average Bonchev–Trinajstić information content (AvgIpc) is 2.99. The number of hydrogen-bond donors (Lipinski definition) is 1. The van der Waals surface area contributed by atoms with Gasteiger partial charge in [0, 0.05) is 38.3 Å². The Kier molecular flexibility index (Phi) is 8.04. The van der Waals surface area contributed by atoms with Crippen LogP contribution in [0.3, 0.4) is 0 Å². The highest BCUT2D eigenvalue weighted by Gasteiger charge is 2.40. The first-order valence-corrected chi connectivity index (χ1v) is 12.8. The Morgan fingerprint density at radius 2 is 1.61 bits per heavy atom. The van der Waals surface area contributed by atoms with Gasteiger partial charge in [-0.3, -0.25) is 9.69 Å². The number of benzene rings is 1. The quantitative estimate of drug-likeness (QED) is 0.639. The Balaban J connectivity index is 1.72. The van der Waals surface area contributed by atoms with Crippen molar-refractivity contribution in [2.45, 2.75) is 57.4 Å². The number of carbonyl (C=O) groups excluding carboxylic acids is 1. The van der Waals surface area contributed by atoms with Crippen molar-refractivity contribution >= 4 is 15.9 Å². The summed E-state index contributed by atoms with van der Waals surface area (Å²) in [5.74, 6) is -2.34. The standard InChI is InChI=1S/C22H33F2N3O3S/c1-2-16-31(29,30)27-14-12-26(13-15-27)22(10-5-3-4-6-11-22)17-25-21(28)20-18(23)8-7-9-19(20)24/h7-9H,2-6,10-17H2,1H3,(H,25,28). The van der Waals surface area contributed by atoms with E-state index in [4.69, 9.17) is 0 Å². The van der Waals surface area contributed by atoms with Gasteiger partial charge < -0.3 is 5.32 Å². The monoisotopic (exact) mass is 457 g/mol. The van der Waals surface area contributed by atoms with E-state index in [1.165, 1.54) is 6.07 Å². The van der Waals surface area contributed by atoms with Crippen molar-refractivity contribution in [3.05, 3.63) is 35.4 Å². The van der Waals surface area contributed by atoms with E-state index in [-0.39, 0.29) is 11.3 Å². The molecule has 31 heavy (non-hydrogen) atoms. The zero-order valence-electron chi connectivity index (χ0n) is 18.2. The lowest BCUT2D eigenvalue weighted by Gasteiger charge is -2.47. The summed E-state index contributed by atoms with van der Waals surface area (Å²) in [6.45, 7) is 4.19. The summed E-state index contributed by atoms with van der Waals surface area (Å²) in [6, 6.07) is 3.39. The van der Waals surface area contributed by atoms with E-state index >= 15 is 0 Å². The molecule has 0 spiro atoms. The van der Waals surface area contributed by atoms with E-state index in [0.717, 1.165) is 50.7 Å². The zero-order chi connectivity index (χ0) is 22.5. The van der Waals surface area contributed by atoms with E-state index in [1.807, 2.05) is 6.92 Å². The van der Waals surface area contributed by atoms with Crippen molar-refractivity contribution in [1.82, 2.24) is 14.5 Å². The third-order valence-electron chi connectivity index (χ3n) is 6.57. The second-order valence-electron chi connectivity index (χ2n) is 8.62. The molecule has 1 aliphatic carbocycles. The predicted octanol–water partition coefficient (Wildman–Crippen LogP) is 3.15. The summed E-state index contributed by atoms with van der Waals surface area (Å²) in [6.07, 6.45) is 6.58. The van der Waals surface area contributed by atoms with Crippen molar-refractivity contribution in [3.63, 3.8) is 0 Å². The maximum absolute atomic E-state index is 14.0. The van der Waals surface area contributed by atoms with Crippen LogP contribution >= 0.6 is 0 Å². The maximum atomic E-state index is 14.0. The molecule has 174 valence electrons. The molecule has 1 N–H and O–H groups in total. The molecule has 9 heteroatoms. The van der Waals surface area contributed by atoms with Crippen molar-refractivity contribution in [2.75, 3.05) is 38.5 Å². The number of amides is 1. The van der Waals surface area contributed by atoms with Gasteiger partial charge in [-0.05, 0) is 31.4 Å². The van der Waals surface area contributed by atoms with E-state index in [9.17, 15) is 22.0 Å². The molecular formula is C22H33F2N3O3S. The molecule has 1 saturated carbocycles. The van der Waals surface area contributed by atoms with Crippen molar-refractivity contribution < 1.29 is 22.0 Å². The maximum Gasteiger partial charge on any atom is 0.257 e. The highest BCUT2D eigenvalue weighted by molar-refractivity contribution is 7.89. The highest BCUT2D eigenvalue weighted by Crippen LogP contribution is 2.33. The minimum Gasteiger partial charge on any atom is -0.350 e. The Morgan fingerprint density at radius 1 is 1.03 bits per heavy atom. The van der Waals surface area contributed by atoms with Gasteiger partial charge in [0.15, 0.2) is 0 Å². The molecule has 3 rings (SSSR count). The van der Waals surface area contributed by atoms with E-state index in [0.29, 0.717) is 39.1 Å². The van der Waals surface area contributed by atoms with Crippen LogP contribution in [-0.4, -0.2) is 67.5 Å². The first-order valence-electron chi connectivity index (χ1n) is 11.2. The Labute approximate surface area is 184 Å². The van der Waals surface area contributed by atoms with Crippen LogP contribution in [0.1, 0.15) is 62.2 Å². The molecule has 0 unspecified atom stereocenters. The Hall–Kier alpha value is -1.58. The van der Waals surface area contributed by atoms with Gasteiger partial charge in [-0.1, -0.05) is 38.7 Å². The normalized spacial score (nSPS) is 20.9. The summed E-state index contributed by atoms with van der Waals surface area (Å²) in [7, 11) is -3.23. The second kappa shape index (κ2) is 10.4. The number of nitrogens with zero attached hydrogens (tertiary/aromatic N) is 2. The molecule has 0 bridgehead atoms. The Bertz CT molecular complexity index is 843. The molecule has 2 fully saturated rings. The van der Waals surface area contributed by atoms with Crippen molar-refractivity contribution in [3.8, 4) is 0 Å². The Morgan fingerprint density at radius 3 is 2.16 bits per heavy atom. The molecule has 1 saturated heterocycles. The minimum atomic E-state index is -3.23. The fraction of sp³-hybridized carbons (Fsp3) is 0.682. The largest absolute Gasteiger partial charge is 0.350 e. The van der Waals surface area contributed by atoms with Crippen LogP contribution in [0, 0.1) is 11.6 Å². The summed E-state index contributed by atoms with van der Waals surface area (Å²) in [4.78, 5) is 14.9.